The third-order valence-electron chi connectivity index (χ3n) is 3.22. The molecule has 0 aliphatic rings. The minimum atomic E-state index is -0.578. The van der Waals surface area contributed by atoms with Crippen LogP contribution in [0.1, 0.15) is 43.7 Å². The van der Waals surface area contributed by atoms with Crippen molar-refractivity contribution in [2.24, 2.45) is 0 Å². The van der Waals surface area contributed by atoms with E-state index in [2.05, 4.69) is 39.9 Å². The molecule has 2 heterocycles. The van der Waals surface area contributed by atoms with Gasteiger partial charge in [0.15, 0.2) is 0 Å². The maximum atomic E-state index is 10.2. The van der Waals surface area contributed by atoms with E-state index in [4.69, 9.17) is 0 Å². The lowest BCUT2D eigenvalue weighted by Gasteiger charge is -2.10. The Kier molecular flexibility index (Phi) is 4.71. The van der Waals surface area contributed by atoms with E-state index >= 15 is 0 Å². The number of hydrogen-bond acceptors (Lipinski definition) is 3. The van der Waals surface area contributed by atoms with Crippen LogP contribution in [0.5, 0.6) is 0 Å². The number of rotatable bonds is 5. The van der Waals surface area contributed by atoms with Crippen LogP contribution >= 0.6 is 15.9 Å². The Morgan fingerprint density at radius 2 is 2.21 bits per heavy atom. The van der Waals surface area contributed by atoms with Gasteiger partial charge in [-0.2, -0.15) is 5.10 Å². The summed E-state index contributed by atoms with van der Waals surface area (Å²) >= 11 is 3.36. The third kappa shape index (κ3) is 3.64. The molecule has 0 aliphatic heterocycles. The van der Waals surface area contributed by atoms with Crippen LogP contribution in [-0.4, -0.2) is 19.9 Å². The first kappa shape index (κ1) is 14.2. The van der Waals surface area contributed by atoms with Crippen molar-refractivity contribution in [1.29, 1.82) is 0 Å². The molecule has 0 fully saturated rings. The number of nitrogens with zero attached hydrogens (tertiary/aromatic N) is 3. The van der Waals surface area contributed by atoms with Gasteiger partial charge in [0.1, 0.15) is 0 Å². The van der Waals surface area contributed by atoms with Crippen molar-refractivity contribution in [3.63, 3.8) is 0 Å². The van der Waals surface area contributed by atoms with Gasteiger partial charge in [0.05, 0.1) is 11.8 Å². The second-order valence-corrected chi connectivity index (χ2v) is 5.62. The summed E-state index contributed by atoms with van der Waals surface area (Å²) in [7, 11) is 0. The second kappa shape index (κ2) is 6.30. The molecule has 2 atom stereocenters. The zero-order valence-electron chi connectivity index (χ0n) is 11.1. The summed E-state index contributed by atoms with van der Waals surface area (Å²) in [5.74, 6) is 0. The summed E-state index contributed by atoms with van der Waals surface area (Å²) in [6.45, 7) is 4.26. The fraction of sp³-hybridized carbons (Fsp3) is 0.429. The van der Waals surface area contributed by atoms with Gasteiger partial charge in [0, 0.05) is 41.1 Å². The molecule has 19 heavy (non-hydrogen) atoms. The summed E-state index contributed by atoms with van der Waals surface area (Å²) in [5.41, 5.74) is 1.69. The third-order valence-corrected chi connectivity index (χ3v) is 3.65. The average molecular weight is 324 g/mol. The molecule has 0 amide bonds. The van der Waals surface area contributed by atoms with Gasteiger partial charge in [-0.05, 0) is 41.4 Å². The second-order valence-electron chi connectivity index (χ2n) is 4.70. The first-order valence-electron chi connectivity index (χ1n) is 6.42. The van der Waals surface area contributed by atoms with Gasteiger partial charge >= 0.3 is 0 Å². The number of pyridine rings is 1. The number of aromatic nitrogens is 3. The minimum absolute atomic E-state index is 0.387. The monoisotopic (exact) mass is 323 g/mol. The van der Waals surface area contributed by atoms with Gasteiger partial charge < -0.3 is 5.11 Å². The predicted molar refractivity (Wildman–Crippen MR) is 77.8 cm³/mol. The maximum Gasteiger partial charge on any atom is 0.0861 e. The Morgan fingerprint density at radius 1 is 1.42 bits per heavy atom. The molecule has 4 nitrogen and oxygen atoms in total. The lowest BCUT2D eigenvalue weighted by molar-refractivity contribution is 0.176. The van der Waals surface area contributed by atoms with Gasteiger partial charge in [0.2, 0.25) is 0 Å². The van der Waals surface area contributed by atoms with E-state index < -0.39 is 6.10 Å². The van der Waals surface area contributed by atoms with E-state index in [0.29, 0.717) is 12.5 Å². The van der Waals surface area contributed by atoms with Crippen molar-refractivity contribution >= 4 is 15.9 Å². The standard InChI is InChI=1S/C14H18BrN3O/c1-3-10(2)18-5-4-13(17-18)7-14(19)11-6-12(15)9-16-8-11/h4-6,8-10,14,19H,3,7H2,1-2H3. The Hall–Kier alpha value is -1.20. The summed E-state index contributed by atoms with van der Waals surface area (Å²) < 4.78 is 2.82. The number of aliphatic hydroxyl groups excluding tert-OH is 1. The summed E-state index contributed by atoms with van der Waals surface area (Å²) in [6, 6.07) is 4.22. The number of aliphatic hydroxyl groups is 1. The molecule has 0 spiro atoms. The van der Waals surface area contributed by atoms with Crippen LogP contribution in [0.25, 0.3) is 0 Å². The van der Waals surface area contributed by atoms with Gasteiger partial charge in [-0.1, -0.05) is 6.92 Å². The molecule has 102 valence electrons. The smallest absolute Gasteiger partial charge is 0.0861 e. The van der Waals surface area contributed by atoms with E-state index in [1.807, 2.05) is 23.0 Å². The normalized spacial score (nSPS) is 14.3. The van der Waals surface area contributed by atoms with Crippen LogP contribution in [0, 0.1) is 0 Å². The topological polar surface area (TPSA) is 50.9 Å². The van der Waals surface area contributed by atoms with Crippen molar-refractivity contribution in [1.82, 2.24) is 14.8 Å². The molecule has 0 radical (unpaired) electrons. The Bertz CT molecular complexity index is 541. The molecule has 0 saturated heterocycles. The maximum absolute atomic E-state index is 10.2. The molecule has 2 aromatic rings. The lowest BCUT2D eigenvalue weighted by atomic mass is 10.1. The van der Waals surface area contributed by atoms with E-state index in [9.17, 15) is 5.11 Å². The van der Waals surface area contributed by atoms with Crippen molar-refractivity contribution in [2.75, 3.05) is 0 Å². The van der Waals surface area contributed by atoms with Crippen LogP contribution in [0.15, 0.2) is 35.2 Å². The van der Waals surface area contributed by atoms with Gasteiger partial charge in [0.25, 0.3) is 0 Å². The molecule has 2 unspecified atom stereocenters. The van der Waals surface area contributed by atoms with E-state index in [1.54, 1.807) is 12.4 Å². The van der Waals surface area contributed by atoms with Gasteiger partial charge in [-0.15, -0.1) is 0 Å². The molecule has 2 aromatic heterocycles. The zero-order chi connectivity index (χ0) is 13.8. The van der Waals surface area contributed by atoms with Crippen LogP contribution in [0.3, 0.4) is 0 Å². The van der Waals surface area contributed by atoms with Crippen LogP contribution in [-0.2, 0) is 6.42 Å². The van der Waals surface area contributed by atoms with Gasteiger partial charge in [-0.3, -0.25) is 9.67 Å². The highest BCUT2D eigenvalue weighted by atomic mass is 79.9. The summed E-state index contributed by atoms with van der Waals surface area (Å²) in [5, 5.41) is 14.7. The highest BCUT2D eigenvalue weighted by Gasteiger charge is 2.12. The molecule has 5 heteroatoms. The van der Waals surface area contributed by atoms with Crippen LogP contribution in [0.4, 0.5) is 0 Å². The first-order chi connectivity index (χ1) is 9.10. The molecule has 0 bridgehead atoms. The van der Waals surface area contributed by atoms with E-state index in [1.165, 1.54) is 0 Å². The van der Waals surface area contributed by atoms with Crippen molar-refractivity contribution in [2.45, 2.75) is 38.8 Å². The Balaban J connectivity index is 2.06. The van der Waals surface area contributed by atoms with Crippen molar-refractivity contribution < 1.29 is 5.11 Å². The van der Waals surface area contributed by atoms with E-state index in [0.717, 1.165) is 22.2 Å². The highest BCUT2D eigenvalue weighted by molar-refractivity contribution is 9.10. The molecule has 0 aliphatic carbocycles. The zero-order valence-corrected chi connectivity index (χ0v) is 12.7. The van der Waals surface area contributed by atoms with Crippen molar-refractivity contribution in [3.8, 4) is 0 Å². The quantitative estimate of drug-likeness (QED) is 0.918. The molecule has 2 rings (SSSR count). The van der Waals surface area contributed by atoms with Gasteiger partial charge in [-0.25, -0.2) is 0 Å². The summed E-state index contributed by atoms with van der Waals surface area (Å²) in [6.07, 6.45) is 6.32. The lowest BCUT2D eigenvalue weighted by Crippen LogP contribution is -2.07. The summed E-state index contributed by atoms with van der Waals surface area (Å²) in [4.78, 5) is 4.06. The molecular formula is C14H18BrN3O. The fourth-order valence-corrected chi connectivity index (χ4v) is 2.23. The first-order valence-corrected chi connectivity index (χ1v) is 7.22. The SMILES string of the molecule is CCC(C)n1ccc(CC(O)c2cncc(Br)c2)n1. The van der Waals surface area contributed by atoms with Crippen molar-refractivity contribution in [3.05, 3.63) is 46.5 Å². The van der Waals surface area contributed by atoms with E-state index in [-0.39, 0.29) is 0 Å². The predicted octanol–water partition coefficient (Wildman–Crippen LogP) is 3.29. The Morgan fingerprint density at radius 3 is 2.89 bits per heavy atom. The number of hydrogen-bond donors (Lipinski definition) is 1. The highest BCUT2D eigenvalue weighted by Crippen LogP contribution is 2.20. The molecule has 0 saturated carbocycles. The molecule has 1 N–H and O–H groups in total. The number of halogens is 1. The minimum Gasteiger partial charge on any atom is -0.388 e. The Labute approximate surface area is 121 Å². The van der Waals surface area contributed by atoms with Crippen LogP contribution < -0.4 is 0 Å². The fourth-order valence-electron chi connectivity index (χ4n) is 1.85. The average Bonchev–Trinajstić information content (AvgIpc) is 2.86. The molecule has 0 aromatic carbocycles. The largest absolute Gasteiger partial charge is 0.388 e. The molecular weight excluding hydrogens is 306 g/mol. The van der Waals surface area contributed by atoms with Crippen LogP contribution in [0.2, 0.25) is 0 Å².